The van der Waals surface area contributed by atoms with Crippen LogP contribution in [0.25, 0.3) is 0 Å². The van der Waals surface area contributed by atoms with Crippen molar-refractivity contribution in [2.75, 3.05) is 26.0 Å². The van der Waals surface area contributed by atoms with E-state index >= 15 is 0 Å². The Labute approximate surface area is 172 Å². The lowest BCUT2D eigenvalue weighted by Crippen LogP contribution is -2.37. The number of aromatic nitrogens is 1. The van der Waals surface area contributed by atoms with Crippen molar-refractivity contribution < 1.29 is 14.3 Å². The topological polar surface area (TPSA) is 71.5 Å². The van der Waals surface area contributed by atoms with Crippen LogP contribution >= 0.6 is 0 Å². The summed E-state index contributed by atoms with van der Waals surface area (Å²) in [7, 11) is 3.47. The van der Waals surface area contributed by atoms with E-state index in [0.29, 0.717) is 12.3 Å². The predicted molar refractivity (Wildman–Crippen MR) is 113 cm³/mol. The molecule has 1 saturated carbocycles. The first kappa shape index (κ1) is 20.8. The van der Waals surface area contributed by atoms with Crippen molar-refractivity contribution in [3.63, 3.8) is 0 Å². The lowest BCUT2D eigenvalue weighted by Gasteiger charge is -2.30. The van der Waals surface area contributed by atoms with Crippen LogP contribution < -0.4 is 10.1 Å². The number of likely N-dealkylation sites (N-methyl/N-ethyl adjacent to an activating group) is 1. The van der Waals surface area contributed by atoms with E-state index in [2.05, 4.69) is 10.3 Å². The van der Waals surface area contributed by atoms with E-state index in [1.165, 1.54) is 5.56 Å². The average Bonchev–Trinajstić information content (AvgIpc) is 2.78. The number of anilines is 1. The summed E-state index contributed by atoms with van der Waals surface area (Å²) >= 11 is 0. The number of carbonyl (C=O) groups is 2. The van der Waals surface area contributed by atoms with Gasteiger partial charge in [0.15, 0.2) is 0 Å². The molecule has 29 heavy (non-hydrogen) atoms. The van der Waals surface area contributed by atoms with Crippen molar-refractivity contribution >= 4 is 17.5 Å². The van der Waals surface area contributed by atoms with E-state index in [4.69, 9.17) is 4.74 Å². The van der Waals surface area contributed by atoms with Crippen molar-refractivity contribution in [3.05, 3.63) is 54.4 Å². The van der Waals surface area contributed by atoms with Crippen molar-refractivity contribution in [1.82, 2.24) is 9.88 Å². The molecule has 3 rings (SSSR count). The normalized spacial score (nSPS) is 18.7. The summed E-state index contributed by atoms with van der Waals surface area (Å²) in [4.78, 5) is 31.2. The van der Waals surface area contributed by atoms with Crippen LogP contribution in [-0.2, 0) is 16.0 Å². The van der Waals surface area contributed by atoms with Gasteiger partial charge in [0.2, 0.25) is 11.8 Å². The fraction of sp³-hybridized carbons (Fsp3) is 0.435. The van der Waals surface area contributed by atoms with Crippen molar-refractivity contribution in [1.29, 1.82) is 0 Å². The van der Waals surface area contributed by atoms with Gasteiger partial charge in [0.05, 0.1) is 7.11 Å². The van der Waals surface area contributed by atoms with E-state index in [9.17, 15) is 9.59 Å². The molecule has 0 spiro atoms. The molecule has 1 N–H and O–H groups in total. The Morgan fingerprint density at radius 3 is 2.48 bits per heavy atom. The minimum atomic E-state index is -0.0487. The molecule has 1 fully saturated rings. The largest absolute Gasteiger partial charge is 0.497 e. The van der Waals surface area contributed by atoms with E-state index in [1.807, 2.05) is 48.3 Å². The Bertz CT molecular complexity index is 817. The Balaban J connectivity index is 1.45. The monoisotopic (exact) mass is 395 g/mol. The number of pyridine rings is 1. The zero-order valence-corrected chi connectivity index (χ0v) is 17.1. The number of hydrogen-bond donors (Lipinski definition) is 1. The van der Waals surface area contributed by atoms with Crippen molar-refractivity contribution in [2.45, 2.75) is 32.1 Å². The first-order valence-corrected chi connectivity index (χ1v) is 10.2. The fourth-order valence-corrected chi connectivity index (χ4v) is 3.82. The molecular weight excluding hydrogens is 366 g/mol. The number of methoxy groups -OCH3 is 1. The Morgan fingerprint density at radius 1 is 1.10 bits per heavy atom. The van der Waals surface area contributed by atoms with Crippen LogP contribution in [-0.4, -0.2) is 42.4 Å². The third-order valence-electron chi connectivity index (χ3n) is 5.65. The number of benzene rings is 1. The van der Waals surface area contributed by atoms with Gasteiger partial charge in [-0.3, -0.25) is 14.6 Å². The van der Waals surface area contributed by atoms with E-state index in [0.717, 1.165) is 37.8 Å². The van der Waals surface area contributed by atoms with Gasteiger partial charge in [-0.15, -0.1) is 0 Å². The molecule has 2 amide bonds. The molecular formula is C23H29N3O3. The van der Waals surface area contributed by atoms with Crippen LogP contribution in [0.2, 0.25) is 0 Å². The summed E-state index contributed by atoms with van der Waals surface area (Å²) in [5.74, 6) is 0.887. The third-order valence-corrected chi connectivity index (χ3v) is 5.65. The number of hydrogen-bond acceptors (Lipinski definition) is 4. The van der Waals surface area contributed by atoms with Gasteiger partial charge in [0, 0.05) is 49.6 Å². The molecule has 1 aromatic carbocycles. The molecule has 6 heteroatoms. The lowest BCUT2D eigenvalue weighted by molar-refractivity contribution is -0.136. The second-order valence-electron chi connectivity index (χ2n) is 7.64. The molecule has 0 saturated heterocycles. The van der Waals surface area contributed by atoms with Crippen LogP contribution in [0.5, 0.6) is 5.75 Å². The zero-order valence-electron chi connectivity index (χ0n) is 17.1. The summed E-state index contributed by atoms with van der Waals surface area (Å²) < 4.78 is 5.20. The summed E-state index contributed by atoms with van der Waals surface area (Å²) in [6, 6.07) is 11.3. The lowest BCUT2D eigenvalue weighted by atomic mass is 9.81. The fourth-order valence-electron chi connectivity index (χ4n) is 3.82. The second-order valence-corrected chi connectivity index (χ2v) is 7.64. The van der Waals surface area contributed by atoms with Gasteiger partial charge in [-0.25, -0.2) is 0 Å². The quantitative estimate of drug-likeness (QED) is 0.778. The molecule has 0 aliphatic heterocycles. The predicted octanol–water partition coefficient (Wildman–Crippen LogP) is 3.54. The molecule has 0 atom stereocenters. The van der Waals surface area contributed by atoms with Crippen molar-refractivity contribution in [2.24, 2.45) is 11.8 Å². The minimum absolute atomic E-state index is 0.0123. The highest BCUT2D eigenvalue weighted by Crippen LogP contribution is 2.31. The van der Waals surface area contributed by atoms with Gasteiger partial charge in [0.1, 0.15) is 5.75 Å². The van der Waals surface area contributed by atoms with Crippen LogP contribution in [0.4, 0.5) is 5.69 Å². The number of ether oxygens (including phenoxy) is 1. The molecule has 154 valence electrons. The number of carbonyl (C=O) groups excluding carboxylic acids is 2. The van der Waals surface area contributed by atoms with Crippen molar-refractivity contribution in [3.8, 4) is 5.75 Å². The SMILES string of the molecule is COc1cccc(NC(=O)C2CCC(C(=O)N(C)CCc3ccncc3)CC2)c1. The van der Waals surface area contributed by atoms with Gasteiger partial charge in [-0.05, 0) is 61.9 Å². The van der Waals surface area contributed by atoms with E-state index < -0.39 is 0 Å². The summed E-state index contributed by atoms with van der Waals surface area (Å²) in [6.07, 6.45) is 7.37. The smallest absolute Gasteiger partial charge is 0.227 e. The second kappa shape index (κ2) is 10.0. The number of rotatable bonds is 7. The minimum Gasteiger partial charge on any atom is -0.497 e. The standard InChI is InChI=1S/C23H29N3O3/c1-26(15-12-17-10-13-24-14-11-17)23(28)19-8-6-18(7-9-19)22(27)25-20-4-3-5-21(16-20)29-2/h3-5,10-11,13-14,16,18-19H,6-9,12,15H2,1-2H3,(H,25,27). The first-order valence-electron chi connectivity index (χ1n) is 10.2. The van der Waals surface area contributed by atoms with Gasteiger partial charge in [-0.1, -0.05) is 6.07 Å². The Kier molecular flexibility index (Phi) is 7.22. The number of nitrogens with zero attached hydrogens (tertiary/aromatic N) is 2. The van der Waals surface area contributed by atoms with Gasteiger partial charge < -0.3 is 15.0 Å². The summed E-state index contributed by atoms with van der Waals surface area (Å²) in [5.41, 5.74) is 1.92. The van der Waals surface area contributed by atoms with Gasteiger partial charge >= 0.3 is 0 Å². The third kappa shape index (κ3) is 5.79. The summed E-state index contributed by atoms with van der Waals surface area (Å²) in [5, 5.41) is 2.97. The highest BCUT2D eigenvalue weighted by atomic mass is 16.5. The highest BCUT2D eigenvalue weighted by Gasteiger charge is 2.31. The maximum absolute atomic E-state index is 12.8. The molecule has 0 radical (unpaired) electrons. The average molecular weight is 396 g/mol. The Hall–Kier alpha value is -2.89. The molecule has 1 aromatic heterocycles. The van der Waals surface area contributed by atoms with Crippen LogP contribution in [0.15, 0.2) is 48.8 Å². The van der Waals surface area contributed by atoms with Crippen LogP contribution in [0, 0.1) is 11.8 Å². The van der Waals surface area contributed by atoms with E-state index in [1.54, 1.807) is 19.5 Å². The molecule has 1 aliphatic carbocycles. The molecule has 1 heterocycles. The molecule has 1 aliphatic rings. The highest BCUT2D eigenvalue weighted by molar-refractivity contribution is 5.93. The maximum Gasteiger partial charge on any atom is 0.227 e. The van der Waals surface area contributed by atoms with Gasteiger partial charge in [0.25, 0.3) is 0 Å². The molecule has 0 bridgehead atoms. The van der Waals surface area contributed by atoms with Crippen LogP contribution in [0.3, 0.4) is 0 Å². The number of amides is 2. The molecule has 2 aromatic rings. The molecule has 0 unspecified atom stereocenters. The van der Waals surface area contributed by atoms with Crippen LogP contribution in [0.1, 0.15) is 31.2 Å². The zero-order chi connectivity index (χ0) is 20.6. The van der Waals surface area contributed by atoms with E-state index in [-0.39, 0.29) is 23.7 Å². The number of nitrogens with one attached hydrogen (secondary N) is 1. The first-order chi connectivity index (χ1) is 14.1. The maximum atomic E-state index is 12.8. The summed E-state index contributed by atoms with van der Waals surface area (Å²) in [6.45, 7) is 0.694. The molecule has 6 nitrogen and oxygen atoms in total. The van der Waals surface area contributed by atoms with Gasteiger partial charge in [-0.2, -0.15) is 0 Å². The Morgan fingerprint density at radius 2 is 1.79 bits per heavy atom.